The second-order valence-corrected chi connectivity index (χ2v) is 4.11. The maximum Gasteiger partial charge on any atom is 0.119 e. The van der Waals surface area contributed by atoms with Crippen LogP contribution in [0.1, 0.15) is 45.4 Å². The van der Waals surface area contributed by atoms with Crippen LogP contribution in [0.25, 0.3) is 0 Å². The van der Waals surface area contributed by atoms with Gasteiger partial charge in [-0.25, -0.2) is 0 Å². The van der Waals surface area contributed by atoms with Gasteiger partial charge in [0.15, 0.2) is 0 Å². The first-order chi connectivity index (χ1) is 7.83. The first-order valence-corrected chi connectivity index (χ1v) is 6.24. The molecule has 0 aliphatic rings. The fourth-order valence-corrected chi connectivity index (χ4v) is 1.61. The van der Waals surface area contributed by atoms with E-state index in [0.717, 1.165) is 18.8 Å². The van der Waals surface area contributed by atoms with Gasteiger partial charge < -0.3 is 9.84 Å². The van der Waals surface area contributed by atoms with Crippen LogP contribution in [0, 0.1) is 0 Å². The lowest BCUT2D eigenvalue weighted by Gasteiger charge is -2.05. The molecule has 0 aromatic heterocycles. The number of ether oxygens (including phenoxy) is 1. The van der Waals surface area contributed by atoms with E-state index < -0.39 is 0 Å². The molecule has 0 heterocycles. The van der Waals surface area contributed by atoms with Crippen molar-refractivity contribution in [3.05, 3.63) is 24.3 Å². The molecular weight excluding hydrogens is 200 g/mol. The summed E-state index contributed by atoms with van der Waals surface area (Å²) in [6.07, 6.45) is 7.66. The molecule has 90 valence electrons. The highest BCUT2D eigenvalue weighted by Crippen LogP contribution is 2.16. The number of phenols is 1. The van der Waals surface area contributed by atoms with Crippen molar-refractivity contribution in [1.82, 2.24) is 0 Å². The van der Waals surface area contributed by atoms with Crippen LogP contribution >= 0.6 is 0 Å². The highest BCUT2D eigenvalue weighted by atomic mass is 16.5. The Morgan fingerprint density at radius 2 is 1.56 bits per heavy atom. The van der Waals surface area contributed by atoms with Crippen molar-refractivity contribution in [2.24, 2.45) is 0 Å². The molecule has 0 bridgehead atoms. The van der Waals surface area contributed by atoms with Gasteiger partial charge in [0, 0.05) is 0 Å². The zero-order chi connectivity index (χ0) is 11.6. The Labute approximate surface area is 98.3 Å². The van der Waals surface area contributed by atoms with Gasteiger partial charge in [-0.15, -0.1) is 0 Å². The lowest BCUT2D eigenvalue weighted by Crippen LogP contribution is -1.96. The fraction of sp³-hybridized carbons (Fsp3) is 0.571. The zero-order valence-electron chi connectivity index (χ0n) is 10.1. The lowest BCUT2D eigenvalue weighted by atomic mass is 10.1. The molecule has 1 aromatic rings. The van der Waals surface area contributed by atoms with Gasteiger partial charge in [-0.3, -0.25) is 0 Å². The summed E-state index contributed by atoms with van der Waals surface area (Å²) < 4.78 is 5.56. The minimum Gasteiger partial charge on any atom is -0.508 e. The second-order valence-electron chi connectivity index (χ2n) is 4.11. The number of rotatable bonds is 8. The molecular formula is C14H22O2. The highest BCUT2D eigenvalue weighted by Gasteiger charge is 1.94. The largest absolute Gasteiger partial charge is 0.508 e. The molecule has 2 nitrogen and oxygen atoms in total. The summed E-state index contributed by atoms with van der Waals surface area (Å²) in [5.41, 5.74) is 0. The molecule has 0 aliphatic carbocycles. The quantitative estimate of drug-likeness (QED) is 0.670. The molecule has 1 N–H and O–H groups in total. The van der Waals surface area contributed by atoms with Gasteiger partial charge >= 0.3 is 0 Å². The standard InChI is InChI=1S/C14H22O2/c1-2-3-4-5-6-7-12-16-14-10-8-13(15)9-11-14/h8-11,15H,2-7,12H2,1H3. The smallest absolute Gasteiger partial charge is 0.119 e. The van der Waals surface area contributed by atoms with Crippen LogP contribution in [0.5, 0.6) is 11.5 Å². The summed E-state index contributed by atoms with van der Waals surface area (Å²) in [7, 11) is 0. The maximum atomic E-state index is 9.09. The summed E-state index contributed by atoms with van der Waals surface area (Å²) in [6.45, 7) is 3.00. The average molecular weight is 222 g/mol. The summed E-state index contributed by atoms with van der Waals surface area (Å²) in [5.74, 6) is 1.12. The summed E-state index contributed by atoms with van der Waals surface area (Å²) >= 11 is 0. The Balaban J connectivity index is 2.01. The van der Waals surface area contributed by atoms with E-state index in [4.69, 9.17) is 9.84 Å². The van der Waals surface area contributed by atoms with Gasteiger partial charge in [0.2, 0.25) is 0 Å². The summed E-state index contributed by atoms with van der Waals surface area (Å²) in [5, 5.41) is 9.09. The lowest BCUT2D eigenvalue weighted by molar-refractivity contribution is 0.304. The Bertz CT molecular complexity index is 267. The third kappa shape index (κ3) is 5.64. The zero-order valence-corrected chi connectivity index (χ0v) is 10.1. The third-order valence-electron chi connectivity index (χ3n) is 2.60. The van der Waals surface area contributed by atoms with Crippen molar-refractivity contribution in [2.45, 2.75) is 45.4 Å². The number of aromatic hydroxyl groups is 1. The molecule has 1 rings (SSSR count). The molecule has 0 fully saturated rings. The van der Waals surface area contributed by atoms with Crippen molar-refractivity contribution in [1.29, 1.82) is 0 Å². The molecule has 0 atom stereocenters. The number of hydrogen-bond acceptors (Lipinski definition) is 2. The number of benzene rings is 1. The molecule has 0 saturated carbocycles. The summed E-state index contributed by atoms with van der Waals surface area (Å²) in [4.78, 5) is 0. The van der Waals surface area contributed by atoms with Crippen molar-refractivity contribution in [3.8, 4) is 11.5 Å². The minimum atomic E-state index is 0.284. The highest BCUT2D eigenvalue weighted by molar-refractivity contribution is 5.29. The molecule has 1 aromatic carbocycles. The van der Waals surface area contributed by atoms with E-state index in [9.17, 15) is 0 Å². The molecule has 0 amide bonds. The Morgan fingerprint density at radius 3 is 2.25 bits per heavy atom. The predicted octanol–water partition coefficient (Wildman–Crippen LogP) is 4.13. The Kier molecular flexibility index (Phi) is 6.47. The topological polar surface area (TPSA) is 29.5 Å². The van der Waals surface area contributed by atoms with Gasteiger partial charge in [0.1, 0.15) is 11.5 Å². The van der Waals surface area contributed by atoms with Gasteiger partial charge in [-0.05, 0) is 30.7 Å². The van der Waals surface area contributed by atoms with E-state index in [-0.39, 0.29) is 5.75 Å². The van der Waals surface area contributed by atoms with E-state index in [1.54, 1.807) is 24.3 Å². The van der Waals surface area contributed by atoms with Crippen molar-refractivity contribution in [3.63, 3.8) is 0 Å². The number of hydrogen-bond donors (Lipinski definition) is 1. The van der Waals surface area contributed by atoms with E-state index >= 15 is 0 Å². The molecule has 2 heteroatoms. The summed E-state index contributed by atoms with van der Waals surface area (Å²) in [6, 6.07) is 6.89. The second kappa shape index (κ2) is 8.03. The van der Waals surface area contributed by atoms with E-state index in [2.05, 4.69) is 6.92 Å². The Morgan fingerprint density at radius 1 is 0.938 bits per heavy atom. The van der Waals surface area contributed by atoms with Crippen molar-refractivity contribution < 1.29 is 9.84 Å². The molecule has 0 saturated heterocycles. The number of unbranched alkanes of at least 4 members (excludes halogenated alkanes) is 5. The molecule has 0 unspecified atom stereocenters. The normalized spacial score (nSPS) is 10.3. The SMILES string of the molecule is CCCCCCCCOc1ccc(O)cc1. The van der Waals surface area contributed by atoms with E-state index in [0.29, 0.717) is 0 Å². The first-order valence-electron chi connectivity index (χ1n) is 6.24. The van der Waals surface area contributed by atoms with Crippen LogP contribution in [0.3, 0.4) is 0 Å². The van der Waals surface area contributed by atoms with Gasteiger partial charge in [-0.1, -0.05) is 39.0 Å². The van der Waals surface area contributed by atoms with Gasteiger partial charge in [0.05, 0.1) is 6.61 Å². The Hall–Kier alpha value is -1.18. The van der Waals surface area contributed by atoms with Crippen LogP contribution in [-0.4, -0.2) is 11.7 Å². The average Bonchev–Trinajstić information content (AvgIpc) is 2.30. The maximum absolute atomic E-state index is 9.09. The van der Waals surface area contributed by atoms with Crippen molar-refractivity contribution in [2.75, 3.05) is 6.61 Å². The molecule has 16 heavy (non-hydrogen) atoms. The van der Waals surface area contributed by atoms with Crippen LogP contribution in [0.2, 0.25) is 0 Å². The fourth-order valence-electron chi connectivity index (χ4n) is 1.61. The monoisotopic (exact) mass is 222 g/mol. The van der Waals surface area contributed by atoms with E-state index in [1.807, 2.05) is 0 Å². The molecule has 0 aliphatic heterocycles. The van der Waals surface area contributed by atoms with Gasteiger partial charge in [-0.2, -0.15) is 0 Å². The minimum absolute atomic E-state index is 0.284. The van der Waals surface area contributed by atoms with Crippen molar-refractivity contribution >= 4 is 0 Å². The van der Waals surface area contributed by atoms with Gasteiger partial charge in [0.25, 0.3) is 0 Å². The van der Waals surface area contributed by atoms with E-state index in [1.165, 1.54) is 32.1 Å². The molecule has 0 radical (unpaired) electrons. The molecule has 0 spiro atoms. The predicted molar refractivity (Wildman–Crippen MR) is 67.0 cm³/mol. The number of phenolic OH excluding ortho intramolecular Hbond substituents is 1. The third-order valence-corrected chi connectivity index (χ3v) is 2.60. The van der Waals surface area contributed by atoms with Crippen LogP contribution in [-0.2, 0) is 0 Å². The first kappa shape index (κ1) is 12.9. The van der Waals surface area contributed by atoms with Crippen LogP contribution in [0.15, 0.2) is 24.3 Å². The van der Waals surface area contributed by atoms with Crippen LogP contribution in [0.4, 0.5) is 0 Å². The van der Waals surface area contributed by atoms with Crippen LogP contribution < -0.4 is 4.74 Å².